The first kappa shape index (κ1) is 76.1. The summed E-state index contributed by atoms with van der Waals surface area (Å²) in [6.45, 7) is 6.58. The second-order valence-electron chi connectivity index (χ2n) is 23.4. The molecule has 0 N–H and O–H groups in total. The van der Waals surface area contributed by atoms with Gasteiger partial charge in [-0.3, -0.25) is 14.4 Å². The monoisotopic (exact) mass is 1110 g/mol. The third-order valence-electron chi connectivity index (χ3n) is 15.5. The van der Waals surface area contributed by atoms with Crippen LogP contribution in [0.4, 0.5) is 0 Å². The number of carbonyl (C=O) groups is 3. The highest BCUT2D eigenvalue weighted by molar-refractivity contribution is 5.71. The summed E-state index contributed by atoms with van der Waals surface area (Å²) in [4.78, 5) is 38.0. The maximum atomic E-state index is 12.9. The van der Waals surface area contributed by atoms with Gasteiger partial charge in [0.25, 0.3) is 0 Å². The predicted molar refractivity (Wildman–Crippen MR) is 344 cm³/mol. The van der Waals surface area contributed by atoms with Crippen LogP contribution < -0.4 is 0 Å². The van der Waals surface area contributed by atoms with Gasteiger partial charge in [-0.15, -0.1) is 0 Å². The summed E-state index contributed by atoms with van der Waals surface area (Å²) in [5.74, 6) is -0.869. The van der Waals surface area contributed by atoms with Crippen LogP contribution in [-0.2, 0) is 28.6 Å². The quantitative estimate of drug-likeness (QED) is 0.0261. The molecule has 0 fully saturated rings. The van der Waals surface area contributed by atoms with Gasteiger partial charge in [-0.1, -0.05) is 319 Å². The van der Waals surface area contributed by atoms with E-state index in [1.165, 1.54) is 244 Å². The zero-order chi connectivity index (χ0) is 57.1. The third-order valence-corrected chi connectivity index (χ3v) is 15.5. The molecule has 0 rings (SSSR count). The predicted octanol–water partition coefficient (Wildman–Crippen LogP) is 23.9. The maximum Gasteiger partial charge on any atom is 0.306 e. The molecule has 0 spiro atoms. The molecular weight excluding hydrogens is 973 g/mol. The van der Waals surface area contributed by atoms with Gasteiger partial charge >= 0.3 is 17.9 Å². The van der Waals surface area contributed by atoms with E-state index in [-0.39, 0.29) is 31.1 Å². The second-order valence-corrected chi connectivity index (χ2v) is 23.4. The maximum absolute atomic E-state index is 12.9. The second kappa shape index (κ2) is 67.6. The Bertz CT molecular complexity index is 1410. The smallest absolute Gasteiger partial charge is 0.306 e. The minimum atomic E-state index is -0.771. The fourth-order valence-corrected chi connectivity index (χ4v) is 10.2. The number of allylic oxidation sites excluding steroid dienone is 10. The molecule has 0 aliphatic heterocycles. The molecule has 79 heavy (non-hydrogen) atoms. The van der Waals surface area contributed by atoms with Crippen molar-refractivity contribution < 1.29 is 28.6 Å². The molecule has 0 aromatic heterocycles. The van der Waals surface area contributed by atoms with E-state index in [2.05, 4.69) is 81.5 Å². The average molecular weight is 1110 g/mol. The Morgan fingerprint density at radius 3 is 0.709 bits per heavy atom. The van der Waals surface area contributed by atoms with Crippen LogP contribution in [0.3, 0.4) is 0 Å². The Kier molecular flexibility index (Phi) is 65.1. The highest BCUT2D eigenvalue weighted by Gasteiger charge is 2.19. The van der Waals surface area contributed by atoms with Gasteiger partial charge in [0, 0.05) is 19.3 Å². The minimum Gasteiger partial charge on any atom is -0.462 e. The summed E-state index contributed by atoms with van der Waals surface area (Å²) in [6.07, 6.45) is 87.3. The summed E-state index contributed by atoms with van der Waals surface area (Å²) in [6, 6.07) is 0. The Morgan fingerprint density at radius 1 is 0.253 bits per heavy atom. The summed E-state index contributed by atoms with van der Waals surface area (Å²) < 4.78 is 16.8. The molecule has 0 aromatic rings. The Hall–Kier alpha value is -2.89. The number of esters is 3. The van der Waals surface area contributed by atoms with Crippen molar-refractivity contribution in [3.63, 3.8) is 0 Å². The van der Waals surface area contributed by atoms with Crippen molar-refractivity contribution in [1.29, 1.82) is 0 Å². The molecule has 0 aliphatic carbocycles. The topological polar surface area (TPSA) is 78.9 Å². The number of hydrogen-bond acceptors (Lipinski definition) is 6. The van der Waals surface area contributed by atoms with Crippen LogP contribution in [0.2, 0.25) is 0 Å². The van der Waals surface area contributed by atoms with Gasteiger partial charge < -0.3 is 14.2 Å². The lowest BCUT2D eigenvalue weighted by molar-refractivity contribution is -0.167. The van der Waals surface area contributed by atoms with Gasteiger partial charge in [-0.2, -0.15) is 0 Å². The number of carbonyl (C=O) groups excluding carboxylic acids is 3. The molecule has 0 aliphatic rings. The molecule has 0 saturated carbocycles. The van der Waals surface area contributed by atoms with E-state index in [4.69, 9.17) is 14.2 Å². The molecule has 0 amide bonds. The van der Waals surface area contributed by atoms with Crippen molar-refractivity contribution in [1.82, 2.24) is 0 Å². The first-order valence-corrected chi connectivity index (χ1v) is 34.8. The van der Waals surface area contributed by atoms with E-state index >= 15 is 0 Å². The molecule has 0 saturated heterocycles. The molecule has 6 nitrogen and oxygen atoms in total. The molecule has 460 valence electrons. The number of hydrogen-bond donors (Lipinski definition) is 0. The van der Waals surface area contributed by atoms with Crippen LogP contribution in [0.1, 0.15) is 367 Å². The largest absolute Gasteiger partial charge is 0.462 e. The van der Waals surface area contributed by atoms with Crippen molar-refractivity contribution in [2.75, 3.05) is 13.2 Å². The zero-order valence-electron chi connectivity index (χ0n) is 52.9. The van der Waals surface area contributed by atoms with Crippen LogP contribution in [0.25, 0.3) is 0 Å². The molecule has 0 aromatic carbocycles. The van der Waals surface area contributed by atoms with Crippen LogP contribution in [0.5, 0.6) is 0 Å². The van der Waals surface area contributed by atoms with Gasteiger partial charge in [-0.05, 0) is 89.9 Å². The first-order chi connectivity index (χ1) is 39.0. The third kappa shape index (κ3) is 65.8. The number of unbranched alkanes of at least 4 members (excludes halogenated alkanes) is 43. The number of ether oxygens (including phenoxy) is 3. The van der Waals surface area contributed by atoms with E-state index in [0.29, 0.717) is 19.3 Å². The van der Waals surface area contributed by atoms with E-state index in [1.54, 1.807) is 0 Å². The van der Waals surface area contributed by atoms with Gasteiger partial charge in [0.1, 0.15) is 13.2 Å². The normalized spacial score (nSPS) is 12.4. The summed E-state index contributed by atoms with van der Waals surface area (Å²) in [5.41, 5.74) is 0. The fraction of sp³-hybridized carbons (Fsp3) is 0.822. The molecular formula is C73H132O6. The number of rotatable bonds is 64. The van der Waals surface area contributed by atoms with Gasteiger partial charge in [0.05, 0.1) is 0 Å². The summed E-state index contributed by atoms with van der Waals surface area (Å²) >= 11 is 0. The average Bonchev–Trinajstić information content (AvgIpc) is 3.45. The van der Waals surface area contributed by atoms with E-state index in [1.807, 2.05) is 0 Å². The molecule has 1 atom stereocenters. The first-order valence-electron chi connectivity index (χ1n) is 34.8. The SMILES string of the molecule is CCCCCCC/C=C\C/C=C\C/C=C\CCCCCCCCCCCCCCC(=O)OC(COC(=O)CCCCCCC)COC(=O)CCCCCCCCCCCCCCCCCCC/C=C\C/C=C\CCCCCCC. The lowest BCUT2D eigenvalue weighted by Gasteiger charge is -2.18. The lowest BCUT2D eigenvalue weighted by atomic mass is 10.0. The minimum absolute atomic E-state index is 0.0714. The standard InChI is InChI=1S/C73H132O6/c1-4-7-10-13-15-17-19-21-23-25-27-29-31-33-35-36-38-39-41-43-45-47-49-51-53-55-57-60-63-66-72(75)78-69-70(68-77-71(74)65-62-59-12-9-6-3)79-73(76)67-64-61-58-56-54-52-50-48-46-44-42-40-37-34-32-30-28-26-24-22-20-18-16-14-11-8-5-2/h19-22,25-28,32,34,70H,4-18,23-24,29-31,33,35-69H2,1-3H3/b21-19-,22-20-,27-25-,28-26-,34-32-. The molecule has 1 unspecified atom stereocenters. The molecule has 6 heteroatoms. The van der Waals surface area contributed by atoms with Crippen molar-refractivity contribution in [2.24, 2.45) is 0 Å². The highest BCUT2D eigenvalue weighted by atomic mass is 16.6. The zero-order valence-corrected chi connectivity index (χ0v) is 52.9. The van der Waals surface area contributed by atoms with Crippen LogP contribution in [0.15, 0.2) is 60.8 Å². The summed E-state index contributed by atoms with van der Waals surface area (Å²) in [7, 11) is 0. The fourth-order valence-electron chi connectivity index (χ4n) is 10.2. The van der Waals surface area contributed by atoms with E-state index in [9.17, 15) is 14.4 Å². The Morgan fingerprint density at radius 2 is 0.456 bits per heavy atom. The van der Waals surface area contributed by atoms with Crippen molar-refractivity contribution in [3.8, 4) is 0 Å². The van der Waals surface area contributed by atoms with Crippen LogP contribution in [-0.4, -0.2) is 37.2 Å². The van der Waals surface area contributed by atoms with Crippen LogP contribution in [0, 0.1) is 0 Å². The van der Waals surface area contributed by atoms with Crippen LogP contribution >= 0.6 is 0 Å². The lowest BCUT2D eigenvalue weighted by Crippen LogP contribution is -2.30. The Labute approximate surface area is 491 Å². The Balaban J connectivity index is 3.97. The van der Waals surface area contributed by atoms with E-state index in [0.717, 1.165) is 83.5 Å². The van der Waals surface area contributed by atoms with Crippen molar-refractivity contribution >= 4 is 17.9 Å². The van der Waals surface area contributed by atoms with Crippen molar-refractivity contribution in [2.45, 2.75) is 374 Å². The molecule has 0 radical (unpaired) electrons. The van der Waals surface area contributed by atoms with Gasteiger partial charge in [0.15, 0.2) is 6.10 Å². The highest BCUT2D eigenvalue weighted by Crippen LogP contribution is 2.18. The van der Waals surface area contributed by atoms with Crippen molar-refractivity contribution in [3.05, 3.63) is 60.8 Å². The molecule has 0 heterocycles. The van der Waals surface area contributed by atoms with E-state index < -0.39 is 6.10 Å². The van der Waals surface area contributed by atoms with Gasteiger partial charge in [-0.25, -0.2) is 0 Å². The summed E-state index contributed by atoms with van der Waals surface area (Å²) in [5, 5.41) is 0. The molecule has 0 bridgehead atoms. The van der Waals surface area contributed by atoms with Gasteiger partial charge in [0.2, 0.25) is 0 Å².